The molecule has 0 bridgehead atoms. The van der Waals surface area contributed by atoms with Gasteiger partial charge in [0.2, 0.25) is 0 Å². The van der Waals surface area contributed by atoms with Gasteiger partial charge < -0.3 is 10.0 Å². The topological polar surface area (TPSA) is 44.8 Å². The van der Waals surface area contributed by atoms with Gasteiger partial charge in [0.25, 0.3) is 0 Å². The second-order valence-corrected chi connectivity index (χ2v) is 3.28. The Hall–Kier alpha value is -1.83. The number of rotatable bonds is 1. The first kappa shape index (κ1) is 9.72. The zero-order chi connectivity index (χ0) is 10.8. The highest BCUT2D eigenvalue weighted by atomic mass is 16.4. The first-order valence-electron chi connectivity index (χ1n) is 4.48. The van der Waals surface area contributed by atoms with E-state index < -0.39 is 7.12 Å². The van der Waals surface area contributed by atoms with E-state index >= 15 is 0 Å². The normalized spacial score (nSPS) is 9.93. The molecule has 0 spiro atoms. The van der Waals surface area contributed by atoms with Crippen LogP contribution in [-0.4, -0.2) is 17.2 Å². The zero-order valence-electron chi connectivity index (χ0n) is 7.88. The van der Waals surface area contributed by atoms with Gasteiger partial charge in [-0.05, 0) is 22.3 Å². The van der Waals surface area contributed by atoms with Crippen molar-refractivity contribution >= 4 is 29.0 Å². The van der Waals surface area contributed by atoms with Crippen molar-refractivity contribution in [3.8, 4) is 0 Å². The van der Waals surface area contributed by atoms with Gasteiger partial charge in [0.1, 0.15) is 0 Å². The van der Waals surface area contributed by atoms with Crippen LogP contribution in [0.15, 0.2) is 36.4 Å². The Kier molecular flexibility index (Phi) is 2.42. The smallest absolute Gasteiger partial charge is 0.423 e. The van der Waals surface area contributed by atoms with E-state index in [0.29, 0.717) is 11.2 Å². The van der Waals surface area contributed by atoms with E-state index in [2.05, 4.69) is 4.85 Å². The molecule has 0 aliphatic carbocycles. The minimum Gasteiger partial charge on any atom is -0.423 e. The van der Waals surface area contributed by atoms with Crippen molar-refractivity contribution in [2.24, 2.45) is 0 Å². The lowest BCUT2D eigenvalue weighted by Crippen LogP contribution is -2.29. The standard InChI is InChI=1S/C11H8BNO2/c1-13-11-5-3-8-6-10(12(14)15)4-2-9(8)7-11/h2-7,14-15H. The second kappa shape index (κ2) is 3.74. The molecule has 15 heavy (non-hydrogen) atoms. The fourth-order valence-electron chi connectivity index (χ4n) is 1.48. The van der Waals surface area contributed by atoms with Gasteiger partial charge in [-0.2, -0.15) is 0 Å². The van der Waals surface area contributed by atoms with Crippen LogP contribution in [0.3, 0.4) is 0 Å². The molecule has 4 heteroatoms. The van der Waals surface area contributed by atoms with E-state index in [1.165, 1.54) is 0 Å². The molecular weight excluding hydrogens is 189 g/mol. The van der Waals surface area contributed by atoms with Crippen LogP contribution in [-0.2, 0) is 0 Å². The first-order valence-corrected chi connectivity index (χ1v) is 4.48. The van der Waals surface area contributed by atoms with Crippen molar-refractivity contribution < 1.29 is 10.0 Å². The molecule has 2 aromatic rings. The Morgan fingerprint density at radius 1 is 1.00 bits per heavy atom. The minimum atomic E-state index is -1.45. The quantitative estimate of drug-likeness (QED) is 0.530. The zero-order valence-corrected chi connectivity index (χ0v) is 7.88. The Bertz CT molecular complexity index is 546. The predicted molar refractivity (Wildman–Crippen MR) is 60.0 cm³/mol. The number of hydrogen-bond donors (Lipinski definition) is 2. The van der Waals surface area contributed by atoms with Crippen LogP contribution in [0.5, 0.6) is 0 Å². The first-order chi connectivity index (χ1) is 7.20. The summed E-state index contributed by atoms with van der Waals surface area (Å²) in [5.41, 5.74) is 1.04. The van der Waals surface area contributed by atoms with Gasteiger partial charge in [0.15, 0.2) is 5.69 Å². The highest BCUT2D eigenvalue weighted by Gasteiger charge is 2.10. The van der Waals surface area contributed by atoms with Gasteiger partial charge in [-0.25, -0.2) is 4.85 Å². The summed E-state index contributed by atoms with van der Waals surface area (Å²) in [6.45, 7) is 6.87. The number of fused-ring (bicyclic) bond motifs is 1. The minimum absolute atomic E-state index is 0.457. The van der Waals surface area contributed by atoms with Gasteiger partial charge in [-0.1, -0.05) is 30.3 Å². The summed E-state index contributed by atoms with van der Waals surface area (Å²) in [5, 5.41) is 19.8. The third kappa shape index (κ3) is 1.84. The molecule has 0 unspecified atom stereocenters. The van der Waals surface area contributed by atoms with Gasteiger partial charge in [0.05, 0.1) is 6.57 Å². The van der Waals surface area contributed by atoms with Crippen molar-refractivity contribution in [3.05, 3.63) is 47.8 Å². The van der Waals surface area contributed by atoms with Crippen LogP contribution < -0.4 is 5.46 Å². The van der Waals surface area contributed by atoms with E-state index in [-0.39, 0.29) is 0 Å². The van der Waals surface area contributed by atoms with Crippen LogP contribution in [0.2, 0.25) is 0 Å². The molecule has 2 aromatic carbocycles. The van der Waals surface area contributed by atoms with E-state index in [9.17, 15) is 0 Å². The fraction of sp³-hybridized carbons (Fsp3) is 0. The highest BCUT2D eigenvalue weighted by molar-refractivity contribution is 6.58. The maximum atomic E-state index is 8.99. The predicted octanol–water partition coefficient (Wildman–Crippen LogP) is 1.07. The largest absolute Gasteiger partial charge is 0.488 e. The molecule has 3 nitrogen and oxygen atoms in total. The third-order valence-electron chi connectivity index (χ3n) is 2.28. The summed E-state index contributed by atoms with van der Waals surface area (Å²) in [7, 11) is -1.45. The Morgan fingerprint density at radius 2 is 1.67 bits per heavy atom. The Balaban J connectivity index is 2.61. The van der Waals surface area contributed by atoms with Crippen molar-refractivity contribution in [1.29, 1.82) is 0 Å². The van der Waals surface area contributed by atoms with Gasteiger partial charge in [-0.3, -0.25) is 0 Å². The molecular formula is C11H8BNO2. The summed E-state index contributed by atoms with van der Waals surface area (Å²) < 4.78 is 0. The van der Waals surface area contributed by atoms with Crippen LogP contribution in [0.25, 0.3) is 15.6 Å². The highest BCUT2D eigenvalue weighted by Crippen LogP contribution is 2.20. The monoisotopic (exact) mass is 197 g/mol. The molecule has 2 N–H and O–H groups in total. The number of benzene rings is 2. The van der Waals surface area contributed by atoms with Gasteiger partial charge in [0, 0.05) is 0 Å². The Labute approximate surface area is 87.6 Å². The van der Waals surface area contributed by atoms with Gasteiger partial charge >= 0.3 is 7.12 Å². The van der Waals surface area contributed by atoms with Crippen molar-refractivity contribution in [1.82, 2.24) is 0 Å². The maximum Gasteiger partial charge on any atom is 0.488 e. The van der Waals surface area contributed by atoms with Crippen molar-refractivity contribution in [3.63, 3.8) is 0 Å². The summed E-state index contributed by atoms with van der Waals surface area (Å²) >= 11 is 0. The lowest BCUT2D eigenvalue weighted by molar-refractivity contribution is 0.426. The summed E-state index contributed by atoms with van der Waals surface area (Å²) in [5.74, 6) is 0. The molecule has 2 rings (SSSR count). The van der Waals surface area contributed by atoms with E-state index in [4.69, 9.17) is 16.6 Å². The lowest BCUT2D eigenvalue weighted by atomic mass is 9.79. The fourth-order valence-corrected chi connectivity index (χ4v) is 1.48. The molecule has 0 saturated heterocycles. The molecule has 0 amide bonds. The molecule has 0 aliphatic heterocycles. The second-order valence-electron chi connectivity index (χ2n) is 3.28. The van der Waals surface area contributed by atoms with E-state index in [1.54, 1.807) is 36.4 Å². The molecule has 0 radical (unpaired) electrons. The SMILES string of the molecule is [C-]#[N+]c1ccc2cc(B(O)O)ccc2c1. The molecule has 0 atom stereocenters. The van der Waals surface area contributed by atoms with Crippen LogP contribution in [0, 0.1) is 6.57 Å². The lowest BCUT2D eigenvalue weighted by Gasteiger charge is -2.02. The molecule has 0 aromatic heterocycles. The number of hydrogen-bond acceptors (Lipinski definition) is 2. The van der Waals surface area contributed by atoms with Crippen molar-refractivity contribution in [2.75, 3.05) is 0 Å². The van der Waals surface area contributed by atoms with Crippen LogP contribution in [0.4, 0.5) is 5.69 Å². The summed E-state index contributed by atoms with van der Waals surface area (Å²) in [6.07, 6.45) is 0. The molecule has 0 fully saturated rings. The molecule has 0 aliphatic rings. The van der Waals surface area contributed by atoms with Crippen molar-refractivity contribution in [2.45, 2.75) is 0 Å². The van der Waals surface area contributed by atoms with E-state index in [0.717, 1.165) is 10.8 Å². The van der Waals surface area contributed by atoms with E-state index in [1.807, 2.05) is 0 Å². The summed E-state index contributed by atoms with van der Waals surface area (Å²) in [4.78, 5) is 3.33. The average Bonchev–Trinajstić information content (AvgIpc) is 2.27. The average molecular weight is 197 g/mol. The Morgan fingerprint density at radius 3 is 2.33 bits per heavy atom. The van der Waals surface area contributed by atoms with Crippen LogP contribution in [0.1, 0.15) is 0 Å². The number of nitrogens with zero attached hydrogens (tertiary/aromatic N) is 1. The third-order valence-corrected chi connectivity index (χ3v) is 2.28. The van der Waals surface area contributed by atoms with Crippen LogP contribution >= 0.6 is 0 Å². The molecule has 0 saturated carbocycles. The maximum absolute atomic E-state index is 8.99. The molecule has 72 valence electrons. The summed E-state index contributed by atoms with van der Waals surface area (Å²) in [6, 6.07) is 10.4. The molecule has 0 heterocycles. The van der Waals surface area contributed by atoms with Gasteiger partial charge in [-0.15, -0.1) is 0 Å².